The monoisotopic (exact) mass is 498 g/mol. The third kappa shape index (κ3) is 4.57. The van der Waals surface area contributed by atoms with Crippen LogP contribution in [0.4, 0.5) is 11.6 Å². The molecule has 1 aliphatic rings. The van der Waals surface area contributed by atoms with E-state index in [0.717, 1.165) is 4.90 Å². The highest BCUT2D eigenvalue weighted by Gasteiger charge is 2.40. The molecule has 2 N–H and O–H groups in total. The second-order valence-corrected chi connectivity index (χ2v) is 8.57. The van der Waals surface area contributed by atoms with Crippen molar-refractivity contribution >= 4 is 40.8 Å². The highest BCUT2D eigenvalue weighted by Crippen LogP contribution is 2.30. The molecule has 182 valence electrons. The van der Waals surface area contributed by atoms with Gasteiger partial charge < -0.3 is 19.9 Å². The summed E-state index contributed by atoms with van der Waals surface area (Å²) in [6, 6.07) is 0.836. The number of fused-ring (bicyclic) bond motifs is 1. The molecule has 2 amide bonds. The first-order valence-electron chi connectivity index (χ1n) is 10.6. The molecule has 0 fully saturated rings. The zero-order chi connectivity index (χ0) is 25.4. The highest BCUT2D eigenvalue weighted by molar-refractivity contribution is 6.31. The number of Topliss-reactive ketones (excluding diaryl/α,β-unsaturated/α-hetero) is 1. The second kappa shape index (κ2) is 9.39. The molecule has 0 bridgehead atoms. The lowest BCUT2D eigenvalue weighted by atomic mass is 10.2. The van der Waals surface area contributed by atoms with Crippen molar-refractivity contribution in [2.45, 2.75) is 33.2 Å². The van der Waals surface area contributed by atoms with E-state index in [1.54, 1.807) is 33.2 Å². The van der Waals surface area contributed by atoms with Crippen LogP contribution in [0.5, 0.6) is 0 Å². The number of aryl methyl sites for hydroxylation is 1. The lowest BCUT2D eigenvalue weighted by molar-refractivity contribution is -0.120. The molecular formula is C22H23ClN8O4. The molecule has 2 atom stereocenters. The molecule has 35 heavy (non-hydrogen) atoms. The first-order valence-corrected chi connectivity index (χ1v) is 11.0. The topological polar surface area (TPSA) is 146 Å². The van der Waals surface area contributed by atoms with Crippen molar-refractivity contribution in [2.24, 2.45) is 0 Å². The number of amides is 2. The predicted molar refractivity (Wildman–Crippen MR) is 127 cm³/mol. The highest BCUT2D eigenvalue weighted by atomic mass is 35.5. The van der Waals surface area contributed by atoms with E-state index in [0.29, 0.717) is 22.0 Å². The van der Waals surface area contributed by atoms with Gasteiger partial charge in [-0.3, -0.25) is 29.3 Å². The summed E-state index contributed by atoms with van der Waals surface area (Å²) in [5.41, 5.74) is 1.87. The number of ketones is 1. The number of imidazole rings is 1. The smallest absolute Gasteiger partial charge is 0.278 e. The number of carbonyl (C=O) groups is 3. The quantitative estimate of drug-likeness (QED) is 0.517. The minimum atomic E-state index is -1.35. The Morgan fingerprint density at radius 2 is 2.00 bits per heavy atom. The Labute approximate surface area is 205 Å². The van der Waals surface area contributed by atoms with Crippen LogP contribution in [-0.4, -0.2) is 72.1 Å². The molecular weight excluding hydrogens is 476 g/mol. The number of carbonyl (C=O) groups excluding carboxylic acids is 3. The van der Waals surface area contributed by atoms with Gasteiger partial charge in [-0.15, -0.1) is 0 Å². The number of hydrogen-bond donors (Lipinski definition) is 2. The Bertz CT molecular complexity index is 1330. The van der Waals surface area contributed by atoms with Crippen LogP contribution in [0.2, 0.25) is 5.02 Å². The van der Waals surface area contributed by atoms with Gasteiger partial charge >= 0.3 is 0 Å². The fraction of sp³-hybridized carbons (Fsp3) is 0.318. The molecule has 0 spiro atoms. The summed E-state index contributed by atoms with van der Waals surface area (Å²) < 4.78 is 1.39. The Morgan fingerprint density at radius 3 is 2.69 bits per heavy atom. The van der Waals surface area contributed by atoms with Gasteiger partial charge in [0.25, 0.3) is 5.91 Å². The van der Waals surface area contributed by atoms with Crippen LogP contribution < -0.4 is 10.2 Å². The average Bonchev–Trinajstić information content (AvgIpc) is 3.27. The van der Waals surface area contributed by atoms with Gasteiger partial charge in [0.2, 0.25) is 12.3 Å². The summed E-state index contributed by atoms with van der Waals surface area (Å²) >= 11 is 6.16. The van der Waals surface area contributed by atoms with Crippen molar-refractivity contribution in [3.8, 4) is 11.3 Å². The fourth-order valence-electron chi connectivity index (χ4n) is 3.63. The third-order valence-electron chi connectivity index (χ3n) is 5.59. The summed E-state index contributed by atoms with van der Waals surface area (Å²) in [5.74, 6) is -0.982. The predicted octanol–water partition coefficient (Wildman–Crippen LogP) is 1.65. The van der Waals surface area contributed by atoms with E-state index < -0.39 is 24.2 Å². The molecule has 0 saturated heterocycles. The van der Waals surface area contributed by atoms with Crippen LogP contribution in [0, 0.1) is 6.92 Å². The van der Waals surface area contributed by atoms with E-state index in [1.807, 2.05) is 0 Å². The number of anilines is 2. The third-order valence-corrected chi connectivity index (χ3v) is 5.98. The van der Waals surface area contributed by atoms with Crippen LogP contribution in [0.25, 0.3) is 11.3 Å². The summed E-state index contributed by atoms with van der Waals surface area (Å²) in [4.78, 5) is 57.1. The van der Waals surface area contributed by atoms with Crippen LogP contribution in [0.3, 0.4) is 0 Å². The maximum absolute atomic E-state index is 13.1. The van der Waals surface area contributed by atoms with Gasteiger partial charge in [0.05, 0.1) is 41.7 Å². The summed E-state index contributed by atoms with van der Waals surface area (Å²) in [6.45, 7) is 4.41. The number of pyridine rings is 1. The van der Waals surface area contributed by atoms with Crippen molar-refractivity contribution in [3.05, 3.63) is 47.4 Å². The van der Waals surface area contributed by atoms with Gasteiger partial charge in [-0.1, -0.05) is 11.6 Å². The van der Waals surface area contributed by atoms with E-state index in [9.17, 15) is 19.5 Å². The second-order valence-electron chi connectivity index (χ2n) is 8.16. The van der Waals surface area contributed by atoms with E-state index in [4.69, 9.17) is 11.6 Å². The van der Waals surface area contributed by atoms with Crippen molar-refractivity contribution < 1.29 is 19.5 Å². The van der Waals surface area contributed by atoms with Gasteiger partial charge in [-0.25, -0.2) is 9.97 Å². The van der Waals surface area contributed by atoms with Gasteiger partial charge in [0.1, 0.15) is 11.8 Å². The molecule has 4 rings (SSSR count). The van der Waals surface area contributed by atoms with Gasteiger partial charge in [0, 0.05) is 18.8 Å². The molecule has 3 aromatic heterocycles. The lowest BCUT2D eigenvalue weighted by Gasteiger charge is -2.38. The number of nitrogens with zero attached hydrogens (tertiary/aromatic N) is 7. The van der Waals surface area contributed by atoms with E-state index >= 15 is 0 Å². The van der Waals surface area contributed by atoms with Crippen molar-refractivity contribution in [2.75, 3.05) is 23.8 Å². The van der Waals surface area contributed by atoms with Crippen LogP contribution in [0.1, 0.15) is 36.1 Å². The number of hydrogen-bond acceptors (Lipinski definition) is 9. The summed E-state index contributed by atoms with van der Waals surface area (Å²) in [6.07, 6.45) is 4.52. The number of aliphatic hydroxyl groups excluding tert-OH is 1. The number of aliphatic hydroxyl groups is 1. The first kappa shape index (κ1) is 24.2. The fourth-order valence-corrected chi connectivity index (χ4v) is 3.80. The molecule has 3 aromatic rings. The molecule has 0 radical (unpaired) electrons. The molecule has 0 aromatic carbocycles. The first-order chi connectivity index (χ1) is 16.6. The minimum Gasteiger partial charge on any atom is -0.356 e. The van der Waals surface area contributed by atoms with Crippen LogP contribution >= 0.6 is 11.6 Å². The molecule has 4 heterocycles. The number of rotatable bonds is 6. The minimum absolute atomic E-state index is 0.0851. The van der Waals surface area contributed by atoms with Crippen LogP contribution in [0.15, 0.2) is 31.0 Å². The summed E-state index contributed by atoms with van der Waals surface area (Å²) in [7, 11) is 1.54. The van der Waals surface area contributed by atoms with Crippen molar-refractivity contribution in [3.63, 3.8) is 0 Å². The molecule has 0 aliphatic carbocycles. The Balaban J connectivity index is 1.58. The van der Waals surface area contributed by atoms with E-state index in [2.05, 4.69) is 25.3 Å². The zero-order valence-electron chi connectivity index (χ0n) is 19.4. The van der Waals surface area contributed by atoms with E-state index in [1.165, 1.54) is 35.1 Å². The largest absolute Gasteiger partial charge is 0.356 e. The Kier molecular flexibility index (Phi) is 6.50. The molecule has 13 heteroatoms. The van der Waals surface area contributed by atoms with Gasteiger partial charge in [-0.05, 0) is 26.8 Å². The Hall–Kier alpha value is -3.90. The zero-order valence-corrected chi connectivity index (χ0v) is 20.2. The number of nitrogens with one attached hydrogen (secondary N) is 1. The molecule has 0 saturated carbocycles. The molecule has 12 nitrogen and oxygen atoms in total. The Morgan fingerprint density at radius 1 is 1.26 bits per heavy atom. The summed E-state index contributed by atoms with van der Waals surface area (Å²) in [5, 5.41) is 13.6. The molecule has 1 unspecified atom stereocenters. The van der Waals surface area contributed by atoms with E-state index in [-0.39, 0.29) is 29.7 Å². The number of halogens is 1. The van der Waals surface area contributed by atoms with Gasteiger partial charge in [-0.2, -0.15) is 0 Å². The average molecular weight is 499 g/mol. The number of aromatic nitrogens is 5. The SMILES string of the molecule is CC(=O)CN1C(=O)c2c(ncn2[C@@H](C)C(=O)Nc2cncc(-c3cnc(C)c(Cl)c3)n2)N(C)C1O. The maximum atomic E-state index is 13.1. The van der Waals surface area contributed by atoms with Crippen molar-refractivity contribution in [1.29, 1.82) is 0 Å². The normalized spacial score (nSPS) is 16.2. The lowest BCUT2D eigenvalue weighted by Crippen LogP contribution is -2.55. The van der Waals surface area contributed by atoms with Gasteiger partial charge in [0.15, 0.2) is 17.3 Å². The molecule has 1 aliphatic heterocycles. The van der Waals surface area contributed by atoms with Crippen molar-refractivity contribution in [1.82, 2.24) is 29.4 Å². The maximum Gasteiger partial charge on any atom is 0.278 e. The standard InChI is InChI=1S/C22H23ClN8O4/c1-11(32)9-30-21(34)18-19(29(4)22(30)35)26-10-31(18)13(3)20(33)28-17-8-24-7-16(27-17)14-5-15(23)12(2)25-6-14/h5-8,10,13,22,35H,9H2,1-4H3,(H,27,28,33)/t13-,22?/m0/s1. The van der Waals surface area contributed by atoms with Crippen LogP contribution in [-0.2, 0) is 9.59 Å².